The summed E-state index contributed by atoms with van der Waals surface area (Å²) in [5.41, 5.74) is 3.87. The van der Waals surface area contributed by atoms with Crippen LogP contribution in [0.25, 0.3) is 10.9 Å². The van der Waals surface area contributed by atoms with Crippen LogP contribution in [0.15, 0.2) is 66.2 Å². The predicted molar refractivity (Wildman–Crippen MR) is 109 cm³/mol. The van der Waals surface area contributed by atoms with Gasteiger partial charge in [-0.2, -0.15) is 0 Å². The third-order valence-corrected chi connectivity index (χ3v) is 6.01. The van der Waals surface area contributed by atoms with Gasteiger partial charge in [-0.05, 0) is 61.7 Å². The third kappa shape index (κ3) is 3.18. The first kappa shape index (κ1) is 17.4. The highest BCUT2D eigenvalue weighted by atomic mass is 19.1. The monoisotopic (exact) mass is 374 g/mol. The lowest BCUT2D eigenvalue weighted by Crippen LogP contribution is -2.32. The highest BCUT2D eigenvalue weighted by Gasteiger charge is 2.28. The molecule has 1 aromatic heterocycles. The Morgan fingerprint density at radius 1 is 1.04 bits per heavy atom. The van der Waals surface area contributed by atoms with Crippen molar-refractivity contribution in [3.63, 3.8) is 0 Å². The van der Waals surface area contributed by atoms with Crippen LogP contribution >= 0.6 is 0 Å². The van der Waals surface area contributed by atoms with Crippen LogP contribution in [-0.4, -0.2) is 28.5 Å². The summed E-state index contributed by atoms with van der Waals surface area (Å²) >= 11 is 0. The van der Waals surface area contributed by atoms with Crippen LogP contribution in [0.2, 0.25) is 0 Å². The summed E-state index contributed by atoms with van der Waals surface area (Å²) in [7, 11) is 0. The number of aromatic nitrogens is 1. The zero-order valence-electron chi connectivity index (χ0n) is 15.8. The number of rotatable bonds is 3. The summed E-state index contributed by atoms with van der Waals surface area (Å²) < 4.78 is 15.3. The fraction of sp³-hybridized carbons (Fsp3) is 0.292. The maximum absolute atomic E-state index is 13.6. The van der Waals surface area contributed by atoms with Gasteiger partial charge in [0.1, 0.15) is 5.82 Å². The molecule has 5 rings (SSSR count). The van der Waals surface area contributed by atoms with E-state index in [4.69, 9.17) is 0 Å². The Hall–Kier alpha value is -2.72. The van der Waals surface area contributed by atoms with Gasteiger partial charge in [0.2, 0.25) is 0 Å². The van der Waals surface area contributed by atoms with Gasteiger partial charge in [-0.3, -0.25) is 14.3 Å². The summed E-state index contributed by atoms with van der Waals surface area (Å²) in [4.78, 5) is 15.4. The number of hydrogen-bond acceptors (Lipinski definition) is 2. The van der Waals surface area contributed by atoms with Crippen LogP contribution in [0.5, 0.6) is 0 Å². The second-order valence-electron chi connectivity index (χ2n) is 7.95. The van der Waals surface area contributed by atoms with Crippen molar-refractivity contribution in [2.45, 2.75) is 25.8 Å². The van der Waals surface area contributed by atoms with Crippen molar-refractivity contribution in [3.8, 4) is 0 Å². The number of allylic oxidation sites excluding steroid dienone is 2. The molecule has 3 aromatic rings. The van der Waals surface area contributed by atoms with E-state index < -0.39 is 0 Å². The van der Waals surface area contributed by atoms with Crippen molar-refractivity contribution in [1.29, 1.82) is 0 Å². The molecule has 0 atom stereocenters. The average molecular weight is 374 g/mol. The van der Waals surface area contributed by atoms with Gasteiger partial charge >= 0.3 is 0 Å². The highest BCUT2D eigenvalue weighted by Crippen LogP contribution is 2.31. The molecule has 0 spiro atoms. The lowest BCUT2D eigenvalue weighted by atomic mass is 9.93. The van der Waals surface area contributed by atoms with E-state index >= 15 is 0 Å². The highest BCUT2D eigenvalue weighted by molar-refractivity contribution is 6.05. The van der Waals surface area contributed by atoms with Gasteiger partial charge in [-0.15, -0.1) is 0 Å². The van der Waals surface area contributed by atoms with Crippen LogP contribution < -0.4 is 0 Å². The van der Waals surface area contributed by atoms with Crippen molar-refractivity contribution in [1.82, 2.24) is 9.47 Å². The van der Waals surface area contributed by atoms with Crippen LogP contribution in [0, 0.1) is 11.7 Å². The molecule has 0 saturated carbocycles. The van der Waals surface area contributed by atoms with Gasteiger partial charge in [0.05, 0.1) is 5.52 Å². The topological polar surface area (TPSA) is 25.2 Å². The van der Waals surface area contributed by atoms with Crippen LogP contribution in [0.3, 0.4) is 0 Å². The number of likely N-dealkylation sites (tertiary alicyclic amines) is 1. The molecule has 0 aliphatic carbocycles. The van der Waals surface area contributed by atoms with Crippen molar-refractivity contribution in [3.05, 3.63) is 83.3 Å². The summed E-state index contributed by atoms with van der Waals surface area (Å²) in [6.45, 7) is 3.10. The molecule has 1 saturated heterocycles. The molecule has 3 nitrogen and oxygen atoms in total. The summed E-state index contributed by atoms with van der Waals surface area (Å²) in [6, 6.07) is 17.2. The molecule has 2 aliphatic heterocycles. The van der Waals surface area contributed by atoms with Crippen molar-refractivity contribution >= 4 is 16.8 Å². The average Bonchev–Trinajstić information content (AvgIpc) is 3.20. The molecular weight excluding hydrogens is 351 g/mol. The number of hydrogen-bond donors (Lipinski definition) is 0. The van der Waals surface area contributed by atoms with E-state index in [1.165, 1.54) is 17.7 Å². The second-order valence-corrected chi connectivity index (χ2v) is 7.95. The molecule has 3 heterocycles. The third-order valence-electron chi connectivity index (χ3n) is 6.01. The minimum Gasteiger partial charge on any atom is -0.299 e. The standard InChI is InChI=1S/C24H23FN2O/c25-21-7-6-19-13-22-14-20(24(28)27(22)23(19)15-21)12-17-8-10-26(11-9-17)16-18-4-2-1-3-5-18/h1-7,12-13,15,17H,8-11,14,16H2. The van der Waals surface area contributed by atoms with Crippen LogP contribution in [0.4, 0.5) is 4.39 Å². The van der Waals surface area contributed by atoms with E-state index in [1.807, 2.05) is 12.1 Å². The Balaban J connectivity index is 1.27. The second kappa shape index (κ2) is 7.02. The number of benzene rings is 2. The maximum atomic E-state index is 13.6. The van der Waals surface area contributed by atoms with E-state index in [0.717, 1.165) is 49.1 Å². The van der Waals surface area contributed by atoms with Gasteiger partial charge in [-0.25, -0.2) is 4.39 Å². The molecule has 0 N–H and O–H groups in total. The van der Waals surface area contributed by atoms with Gasteiger partial charge in [0, 0.05) is 29.6 Å². The summed E-state index contributed by atoms with van der Waals surface area (Å²) in [5, 5.41) is 0.929. The Morgan fingerprint density at radius 3 is 2.61 bits per heavy atom. The number of carbonyl (C=O) groups excluding carboxylic acids is 1. The first-order chi connectivity index (χ1) is 13.7. The lowest BCUT2D eigenvalue weighted by Gasteiger charge is -2.30. The van der Waals surface area contributed by atoms with Crippen molar-refractivity contribution in [2.24, 2.45) is 5.92 Å². The largest absolute Gasteiger partial charge is 0.299 e. The van der Waals surface area contributed by atoms with Crippen molar-refractivity contribution < 1.29 is 9.18 Å². The number of fused-ring (bicyclic) bond motifs is 3. The molecule has 2 aliphatic rings. The molecule has 142 valence electrons. The van der Waals surface area contributed by atoms with Gasteiger partial charge in [0.25, 0.3) is 5.91 Å². The number of halogens is 1. The predicted octanol–water partition coefficient (Wildman–Crippen LogP) is 4.82. The van der Waals surface area contributed by atoms with E-state index in [2.05, 4.69) is 35.2 Å². The van der Waals surface area contributed by atoms with Gasteiger partial charge in [0.15, 0.2) is 0 Å². The Bertz CT molecular complexity index is 1060. The molecule has 4 heteroatoms. The lowest BCUT2D eigenvalue weighted by molar-refractivity contribution is 0.0968. The quantitative estimate of drug-likeness (QED) is 0.615. The normalized spacial score (nSPS) is 19.6. The molecule has 0 bridgehead atoms. The number of nitrogens with zero attached hydrogens (tertiary/aromatic N) is 2. The molecule has 28 heavy (non-hydrogen) atoms. The molecule has 0 radical (unpaired) electrons. The molecule has 0 unspecified atom stereocenters. The van der Waals surface area contributed by atoms with E-state index in [-0.39, 0.29) is 11.7 Å². The number of carbonyl (C=O) groups is 1. The molecule has 2 aromatic carbocycles. The molecular formula is C24H23FN2O. The fourth-order valence-corrected chi connectivity index (χ4v) is 4.55. The first-order valence-corrected chi connectivity index (χ1v) is 9.99. The van der Waals surface area contributed by atoms with Crippen LogP contribution in [0.1, 0.15) is 28.9 Å². The minimum atomic E-state index is -0.301. The smallest absolute Gasteiger partial charge is 0.258 e. The van der Waals surface area contributed by atoms with E-state index in [0.29, 0.717) is 17.9 Å². The fourth-order valence-electron chi connectivity index (χ4n) is 4.55. The zero-order chi connectivity index (χ0) is 19.1. The van der Waals surface area contributed by atoms with Crippen molar-refractivity contribution in [2.75, 3.05) is 13.1 Å². The van der Waals surface area contributed by atoms with E-state index in [1.54, 1.807) is 10.6 Å². The van der Waals surface area contributed by atoms with E-state index in [9.17, 15) is 9.18 Å². The SMILES string of the molecule is O=C1C(=CC2CCN(Cc3ccccc3)CC2)Cc2cc3ccc(F)cc3n21. The summed E-state index contributed by atoms with van der Waals surface area (Å²) in [5.74, 6) is 0.158. The van der Waals surface area contributed by atoms with Gasteiger partial charge < -0.3 is 0 Å². The van der Waals surface area contributed by atoms with Crippen LogP contribution in [-0.2, 0) is 13.0 Å². The molecule has 1 fully saturated rings. The Labute approximate surface area is 164 Å². The van der Waals surface area contributed by atoms with Gasteiger partial charge in [-0.1, -0.05) is 36.4 Å². The molecule has 0 amide bonds. The maximum Gasteiger partial charge on any atom is 0.258 e. The Morgan fingerprint density at radius 2 is 1.82 bits per heavy atom. The zero-order valence-corrected chi connectivity index (χ0v) is 15.8. The number of piperidine rings is 1. The first-order valence-electron chi connectivity index (χ1n) is 9.99. The summed E-state index contributed by atoms with van der Waals surface area (Å²) in [6.07, 6.45) is 4.99. The minimum absolute atomic E-state index is 0.0160. The Kier molecular flexibility index (Phi) is 4.36.